The summed E-state index contributed by atoms with van der Waals surface area (Å²) in [7, 11) is 0. The Labute approximate surface area is 127 Å². The van der Waals surface area contributed by atoms with Gasteiger partial charge in [0.2, 0.25) is 0 Å². The second kappa shape index (κ2) is 6.71. The molecule has 0 heterocycles. The van der Waals surface area contributed by atoms with Crippen molar-refractivity contribution < 1.29 is 14.5 Å². The number of hydrogen-bond acceptors (Lipinski definition) is 4. The lowest BCUT2D eigenvalue weighted by molar-refractivity contribution is -0.383. The van der Waals surface area contributed by atoms with Gasteiger partial charge in [-0.25, -0.2) is 0 Å². The van der Waals surface area contributed by atoms with E-state index in [1.807, 2.05) is 19.1 Å². The van der Waals surface area contributed by atoms with Crippen molar-refractivity contribution in [1.29, 1.82) is 0 Å². The minimum Gasteiger partial charge on any atom is -0.481 e. The SMILES string of the molecule is Cc1ccc(O[C@H](C)C(=O)Nc2ccccc2[N+](=O)[O-])cc1. The maximum atomic E-state index is 12.1. The minimum absolute atomic E-state index is 0.150. The molecule has 6 heteroatoms. The van der Waals surface area contributed by atoms with Gasteiger partial charge in [-0.1, -0.05) is 29.8 Å². The van der Waals surface area contributed by atoms with Crippen LogP contribution in [-0.2, 0) is 4.79 Å². The molecule has 0 aliphatic heterocycles. The zero-order valence-corrected chi connectivity index (χ0v) is 12.3. The molecule has 0 saturated heterocycles. The summed E-state index contributed by atoms with van der Waals surface area (Å²) < 4.78 is 5.52. The van der Waals surface area contributed by atoms with Crippen molar-refractivity contribution in [3.8, 4) is 5.75 Å². The van der Waals surface area contributed by atoms with E-state index in [1.54, 1.807) is 31.2 Å². The Morgan fingerprint density at radius 3 is 2.45 bits per heavy atom. The molecule has 2 aromatic carbocycles. The van der Waals surface area contributed by atoms with Gasteiger partial charge in [0.05, 0.1) is 4.92 Å². The first kappa shape index (κ1) is 15.5. The van der Waals surface area contributed by atoms with E-state index >= 15 is 0 Å². The van der Waals surface area contributed by atoms with E-state index in [9.17, 15) is 14.9 Å². The van der Waals surface area contributed by atoms with Crippen molar-refractivity contribution in [3.05, 3.63) is 64.2 Å². The van der Waals surface area contributed by atoms with E-state index in [1.165, 1.54) is 12.1 Å². The lowest BCUT2D eigenvalue weighted by atomic mass is 10.2. The van der Waals surface area contributed by atoms with E-state index in [0.717, 1.165) is 5.56 Å². The summed E-state index contributed by atoms with van der Waals surface area (Å²) in [6.45, 7) is 3.54. The first-order valence-electron chi connectivity index (χ1n) is 6.75. The standard InChI is InChI=1S/C16H16N2O4/c1-11-7-9-13(10-8-11)22-12(2)16(19)17-14-5-3-4-6-15(14)18(20)21/h3-10,12H,1-2H3,(H,17,19)/t12-/m1/s1. The van der Waals surface area contributed by atoms with Gasteiger partial charge in [0.1, 0.15) is 11.4 Å². The number of aryl methyl sites for hydroxylation is 1. The number of anilines is 1. The predicted molar refractivity (Wildman–Crippen MR) is 83.0 cm³/mol. The summed E-state index contributed by atoms with van der Waals surface area (Å²) in [5, 5.41) is 13.4. The molecule has 0 fully saturated rings. The number of amides is 1. The third-order valence-corrected chi connectivity index (χ3v) is 3.06. The molecule has 0 aliphatic carbocycles. The van der Waals surface area contributed by atoms with E-state index in [0.29, 0.717) is 5.75 Å². The van der Waals surface area contributed by atoms with Gasteiger partial charge in [0.15, 0.2) is 6.10 Å². The number of rotatable bonds is 5. The Morgan fingerprint density at radius 2 is 1.82 bits per heavy atom. The topological polar surface area (TPSA) is 81.5 Å². The molecule has 1 N–H and O–H groups in total. The Kier molecular flexibility index (Phi) is 4.73. The molecule has 1 amide bonds. The summed E-state index contributed by atoms with van der Waals surface area (Å²) in [5.41, 5.74) is 1.08. The molecule has 0 spiro atoms. The fraction of sp³-hybridized carbons (Fsp3) is 0.188. The monoisotopic (exact) mass is 300 g/mol. The van der Waals surface area contributed by atoms with Crippen molar-refractivity contribution in [3.63, 3.8) is 0 Å². The van der Waals surface area contributed by atoms with Crippen LogP contribution in [0.1, 0.15) is 12.5 Å². The molecule has 114 valence electrons. The number of ether oxygens (including phenoxy) is 1. The third kappa shape index (κ3) is 3.82. The van der Waals surface area contributed by atoms with Crippen molar-refractivity contribution in [1.82, 2.24) is 0 Å². The van der Waals surface area contributed by atoms with Gasteiger partial charge in [-0.15, -0.1) is 0 Å². The maximum absolute atomic E-state index is 12.1. The third-order valence-electron chi connectivity index (χ3n) is 3.06. The highest BCUT2D eigenvalue weighted by atomic mass is 16.6. The molecule has 0 radical (unpaired) electrons. The molecule has 22 heavy (non-hydrogen) atoms. The number of para-hydroxylation sites is 2. The molecule has 0 unspecified atom stereocenters. The number of benzene rings is 2. The summed E-state index contributed by atoms with van der Waals surface area (Å²) >= 11 is 0. The van der Waals surface area contributed by atoms with Gasteiger partial charge in [-0.05, 0) is 32.0 Å². The van der Waals surface area contributed by atoms with Gasteiger partial charge >= 0.3 is 0 Å². The average Bonchev–Trinajstić information content (AvgIpc) is 2.49. The van der Waals surface area contributed by atoms with Crippen molar-refractivity contribution >= 4 is 17.3 Å². The molecule has 1 atom stereocenters. The Morgan fingerprint density at radius 1 is 1.18 bits per heavy atom. The summed E-state index contributed by atoms with van der Waals surface area (Å²) in [6, 6.07) is 13.3. The fourth-order valence-electron chi connectivity index (χ4n) is 1.85. The molecule has 2 rings (SSSR count). The zero-order chi connectivity index (χ0) is 16.1. The largest absolute Gasteiger partial charge is 0.481 e. The molecule has 6 nitrogen and oxygen atoms in total. The quantitative estimate of drug-likeness (QED) is 0.678. The smallest absolute Gasteiger partial charge is 0.292 e. The number of nitrogens with zero attached hydrogens (tertiary/aromatic N) is 1. The molecular weight excluding hydrogens is 284 g/mol. The lowest BCUT2D eigenvalue weighted by Gasteiger charge is -2.14. The van der Waals surface area contributed by atoms with Gasteiger partial charge < -0.3 is 10.1 Å². The Balaban J connectivity index is 2.05. The maximum Gasteiger partial charge on any atom is 0.292 e. The Hall–Kier alpha value is -2.89. The molecule has 0 aromatic heterocycles. The predicted octanol–water partition coefficient (Wildman–Crippen LogP) is 3.31. The van der Waals surface area contributed by atoms with Crippen molar-refractivity contribution in [2.45, 2.75) is 20.0 Å². The van der Waals surface area contributed by atoms with Crippen LogP contribution in [0.3, 0.4) is 0 Å². The van der Waals surface area contributed by atoms with Gasteiger partial charge in [-0.2, -0.15) is 0 Å². The number of nitrogens with one attached hydrogen (secondary N) is 1. The van der Waals surface area contributed by atoms with Crippen LogP contribution < -0.4 is 10.1 Å². The molecular formula is C16H16N2O4. The fourth-order valence-corrected chi connectivity index (χ4v) is 1.85. The molecule has 0 bridgehead atoms. The van der Waals surface area contributed by atoms with Crippen LogP contribution in [0, 0.1) is 17.0 Å². The van der Waals surface area contributed by atoms with E-state index < -0.39 is 16.9 Å². The van der Waals surface area contributed by atoms with Crippen molar-refractivity contribution in [2.24, 2.45) is 0 Å². The van der Waals surface area contributed by atoms with E-state index in [2.05, 4.69) is 5.32 Å². The molecule has 0 saturated carbocycles. The van der Waals surface area contributed by atoms with Crippen LogP contribution in [0.25, 0.3) is 0 Å². The highest BCUT2D eigenvalue weighted by molar-refractivity contribution is 5.96. The molecule has 2 aromatic rings. The van der Waals surface area contributed by atoms with Gasteiger partial charge in [-0.3, -0.25) is 14.9 Å². The van der Waals surface area contributed by atoms with Gasteiger partial charge in [0, 0.05) is 6.07 Å². The number of nitro groups is 1. The van der Waals surface area contributed by atoms with Crippen LogP contribution in [0.15, 0.2) is 48.5 Å². The van der Waals surface area contributed by atoms with E-state index in [4.69, 9.17) is 4.74 Å². The van der Waals surface area contributed by atoms with Gasteiger partial charge in [0.25, 0.3) is 11.6 Å². The minimum atomic E-state index is -0.775. The number of nitro benzene ring substituents is 1. The first-order valence-corrected chi connectivity index (χ1v) is 6.75. The second-order valence-corrected chi connectivity index (χ2v) is 4.84. The molecule has 0 aliphatic rings. The number of hydrogen-bond donors (Lipinski definition) is 1. The van der Waals surface area contributed by atoms with E-state index in [-0.39, 0.29) is 11.4 Å². The first-order chi connectivity index (χ1) is 10.5. The number of carbonyl (C=O) groups excluding carboxylic acids is 1. The summed E-state index contributed by atoms with van der Waals surface area (Å²) in [6.07, 6.45) is -0.775. The normalized spacial score (nSPS) is 11.5. The number of carbonyl (C=O) groups is 1. The van der Waals surface area contributed by atoms with Crippen molar-refractivity contribution in [2.75, 3.05) is 5.32 Å². The summed E-state index contributed by atoms with van der Waals surface area (Å²) in [5.74, 6) is 0.116. The highest BCUT2D eigenvalue weighted by Crippen LogP contribution is 2.23. The lowest BCUT2D eigenvalue weighted by Crippen LogP contribution is -2.30. The van der Waals surface area contributed by atoms with Crippen LogP contribution >= 0.6 is 0 Å². The Bertz CT molecular complexity index is 683. The van der Waals surface area contributed by atoms with Crippen LogP contribution in [-0.4, -0.2) is 16.9 Å². The average molecular weight is 300 g/mol. The van der Waals surface area contributed by atoms with Crippen LogP contribution in [0.2, 0.25) is 0 Å². The van der Waals surface area contributed by atoms with Crippen LogP contribution in [0.4, 0.5) is 11.4 Å². The highest BCUT2D eigenvalue weighted by Gasteiger charge is 2.19. The zero-order valence-electron chi connectivity index (χ0n) is 12.3. The summed E-state index contributed by atoms with van der Waals surface area (Å²) in [4.78, 5) is 22.5. The van der Waals surface area contributed by atoms with Crippen LogP contribution in [0.5, 0.6) is 5.75 Å². The second-order valence-electron chi connectivity index (χ2n) is 4.84.